The fraction of sp³-hybridized carbons (Fsp3) is 0.450. The van der Waals surface area contributed by atoms with Crippen LogP contribution in [-0.4, -0.2) is 43.1 Å². The Balaban J connectivity index is 1.66. The van der Waals surface area contributed by atoms with Crippen LogP contribution in [-0.2, 0) is 14.3 Å². The second-order valence-corrected chi connectivity index (χ2v) is 8.53. The lowest BCUT2D eigenvalue weighted by atomic mass is 9.87. The Bertz CT molecular complexity index is 796. The molecule has 2 aliphatic rings. The Morgan fingerprint density at radius 3 is 2.82 bits per heavy atom. The van der Waals surface area contributed by atoms with Gasteiger partial charge in [0.25, 0.3) is 0 Å². The van der Waals surface area contributed by atoms with Crippen LogP contribution in [0.2, 0.25) is 0 Å². The lowest BCUT2D eigenvalue weighted by Gasteiger charge is -2.25. The molecular weight excluding hydrogens is 394 g/mol. The van der Waals surface area contributed by atoms with Crippen molar-refractivity contribution in [1.82, 2.24) is 10.6 Å². The molecule has 6 nitrogen and oxygen atoms in total. The number of nitriles is 1. The van der Waals surface area contributed by atoms with Crippen LogP contribution >= 0.6 is 23.5 Å². The van der Waals surface area contributed by atoms with Crippen molar-refractivity contribution in [1.29, 1.82) is 5.26 Å². The van der Waals surface area contributed by atoms with Gasteiger partial charge >= 0.3 is 0 Å². The predicted octanol–water partition coefficient (Wildman–Crippen LogP) is 2.78. The van der Waals surface area contributed by atoms with Crippen molar-refractivity contribution in [3.05, 3.63) is 40.4 Å². The third-order valence-corrected chi connectivity index (χ3v) is 6.53. The highest BCUT2D eigenvalue weighted by molar-refractivity contribution is 8.03. The summed E-state index contributed by atoms with van der Waals surface area (Å²) >= 11 is 2.84. The highest BCUT2D eigenvalue weighted by Gasteiger charge is 2.30. The summed E-state index contributed by atoms with van der Waals surface area (Å²) in [5.74, 6) is -0.413. The topological polar surface area (TPSA) is 91.2 Å². The van der Waals surface area contributed by atoms with E-state index in [1.54, 1.807) is 11.8 Å². The average Bonchev–Trinajstić information content (AvgIpc) is 3.24. The van der Waals surface area contributed by atoms with E-state index in [0.717, 1.165) is 29.9 Å². The minimum absolute atomic E-state index is 0.0888. The molecule has 1 aromatic carbocycles. The van der Waals surface area contributed by atoms with Crippen LogP contribution in [0.4, 0.5) is 0 Å². The van der Waals surface area contributed by atoms with E-state index in [4.69, 9.17) is 4.74 Å². The Hall–Kier alpha value is -1.95. The van der Waals surface area contributed by atoms with Gasteiger partial charge in [-0.1, -0.05) is 23.9 Å². The van der Waals surface area contributed by atoms with Crippen LogP contribution in [0, 0.1) is 11.3 Å². The predicted molar refractivity (Wildman–Crippen MR) is 111 cm³/mol. The summed E-state index contributed by atoms with van der Waals surface area (Å²) in [5, 5.41) is 15.8. The van der Waals surface area contributed by atoms with Crippen molar-refractivity contribution >= 4 is 35.3 Å². The number of thioether (sulfide) groups is 2. The van der Waals surface area contributed by atoms with E-state index in [9.17, 15) is 14.9 Å². The van der Waals surface area contributed by atoms with Crippen LogP contribution in [0.15, 0.2) is 39.8 Å². The zero-order valence-electron chi connectivity index (χ0n) is 15.7. The van der Waals surface area contributed by atoms with Crippen molar-refractivity contribution in [3.8, 4) is 6.07 Å². The van der Waals surface area contributed by atoms with E-state index < -0.39 is 0 Å². The van der Waals surface area contributed by atoms with Crippen LogP contribution in [0.25, 0.3) is 0 Å². The van der Waals surface area contributed by atoms with Gasteiger partial charge in [-0.2, -0.15) is 5.26 Å². The Labute approximate surface area is 173 Å². The van der Waals surface area contributed by atoms with Crippen LogP contribution in [0.1, 0.15) is 30.7 Å². The van der Waals surface area contributed by atoms with Gasteiger partial charge in [-0.05, 0) is 36.8 Å². The summed E-state index contributed by atoms with van der Waals surface area (Å²) in [6.45, 7) is 1.25. The lowest BCUT2D eigenvalue weighted by Crippen LogP contribution is -2.34. The van der Waals surface area contributed by atoms with Crippen molar-refractivity contribution in [2.45, 2.75) is 36.2 Å². The summed E-state index contributed by atoms with van der Waals surface area (Å²) in [6.07, 6.45) is 4.31. The fourth-order valence-corrected chi connectivity index (χ4v) is 4.59. The molecule has 0 spiro atoms. The maximum Gasteiger partial charge on any atom is 0.230 e. The summed E-state index contributed by atoms with van der Waals surface area (Å²) in [5.41, 5.74) is 1.44. The van der Waals surface area contributed by atoms with Crippen LogP contribution < -0.4 is 10.6 Å². The first kappa shape index (κ1) is 20.8. The Kier molecular flexibility index (Phi) is 7.43. The number of carbonyl (C=O) groups excluding carboxylic acids is 2. The van der Waals surface area contributed by atoms with Gasteiger partial charge < -0.3 is 15.4 Å². The van der Waals surface area contributed by atoms with E-state index in [1.807, 2.05) is 30.5 Å². The number of hydrogen-bond donors (Lipinski definition) is 2. The maximum atomic E-state index is 12.2. The minimum atomic E-state index is -0.285. The molecule has 2 atom stereocenters. The van der Waals surface area contributed by atoms with Gasteiger partial charge in [-0.25, -0.2) is 0 Å². The van der Waals surface area contributed by atoms with Crippen molar-refractivity contribution < 1.29 is 14.3 Å². The highest BCUT2D eigenvalue weighted by atomic mass is 32.2. The Morgan fingerprint density at radius 1 is 1.39 bits per heavy atom. The molecule has 0 aromatic heterocycles. The van der Waals surface area contributed by atoms with Crippen molar-refractivity contribution in [2.24, 2.45) is 0 Å². The quantitative estimate of drug-likeness (QED) is 0.663. The van der Waals surface area contributed by atoms with E-state index in [1.165, 1.54) is 11.8 Å². The molecule has 2 amide bonds. The zero-order chi connectivity index (χ0) is 19.9. The monoisotopic (exact) mass is 417 g/mol. The average molecular weight is 418 g/mol. The van der Waals surface area contributed by atoms with Crippen molar-refractivity contribution in [3.63, 3.8) is 0 Å². The van der Waals surface area contributed by atoms with Crippen molar-refractivity contribution in [2.75, 3.05) is 25.2 Å². The van der Waals surface area contributed by atoms with Gasteiger partial charge in [0.2, 0.25) is 11.8 Å². The van der Waals surface area contributed by atoms with Gasteiger partial charge in [0.1, 0.15) is 0 Å². The van der Waals surface area contributed by atoms with Gasteiger partial charge in [0, 0.05) is 30.4 Å². The number of nitrogens with one attached hydrogen (secondary N) is 2. The second kappa shape index (κ2) is 10.0. The molecule has 0 aliphatic carbocycles. The smallest absolute Gasteiger partial charge is 0.230 e. The number of allylic oxidation sites excluding steroid dienone is 1. The number of hydrogen-bond acceptors (Lipinski definition) is 6. The van der Waals surface area contributed by atoms with E-state index in [-0.39, 0.29) is 36.0 Å². The third kappa shape index (κ3) is 5.31. The molecule has 2 aliphatic heterocycles. The number of nitrogens with zero attached hydrogens (tertiary/aromatic N) is 1. The fourth-order valence-electron chi connectivity index (χ4n) is 3.28. The summed E-state index contributed by atoms with van der Waals surface area (Å²) in [7, 11) is 0. The molecule has 1 saturated heterocycles. The number of ether oxygens (including phenoxy) is 1. The normalized spacial score (nSPS) is 21.9. The SMILES string of the molecule is CSc1ccc([C@@H]2CC(=O)NC(SCC(=O)NC[C@@H]3CCCO3)=C2C#N)cc1. The number of rotatable bonds is 7. The molecule has 0 radical (unpaired) electrons. The van der Waals surface area contributed by atoms with Gasteiger partial charge in [0.15, 0.2) is 0 Å². The molecule has 0 saturated carbocycles. The molecule has 148 valence electrons. The number of carbonyl (C=O) groups is 2. The molecule has 2 N–H and O–H groups in total. The van der Waals surface area contributed by atoms with Crippen LogP contribution in [0.3, 0.4) is 0 Å². The van der Waals surface area contributed by atoms with Crippen LogP contribution in [0.5, 0.6) is 0 Å². The number of benzene rings is 1. The second-order valence-electron chi connectivity index (χ2n) is 6.66. The van der Waals surface area contributed by atoms with Gasteiger partial charge in [0.05, 0.1) is 28.5 Å². The molecule has 2 heterocycles. The first-order valence-corrected chi connectivity index (χ1v) is 11.4. The molecule has 1 fully saturated rings. The Morgan fingerprint density at radius 2 is 2.18 bits per heavy atom. The first-order valence-electron chi connectivity index (χ1n) is 9.20. The molecule has 1 aromatic rings. The molecular formula is C20H23N3O3S2. The van der Waals surface area contributed by atoms with E-state index in [2.05, 4.69) is 16.7 Å². The molecule has 28 heavy (non-hydrogen) atoms. The lowest BCUT2D eigenvalue weighted by molar-refractivity contribution is -0.121. The molecule has 0 bridgehead atoms. The molecule has 8 heteroatoms. The minimum Gasteiger partial charge on any atom is -0.376 e. The largest absolute Gasteiger partial charge is 0.376 e. The summed E-state index contributed by atoms with van der Waals surface area (Å²) < 4.78 is 5.49. The highest BCUT2D eigenvalue weighted by Crippen LogP contribution is 2.36. The standard InChI is InChI=1S/C20H23N3O3S2/c1-27-15-6-4-13(5-7-15)16-9-18(24)23-20(17(16)10-21)28-12-19(25)22-11-14-3-2-8-26-14/h4-7,14,16H,2-3,8-9,11-12H2,1H3,(H,22,25)(H,23,24)/t14-,16-/m0/s1. The maximum absolute atomic E-state index is 12.2. The molecule has 0 unspecified atom stereocenters. The van der Waals surface area contributed by atoms with E-state index in [0.29, 0.717) is 17.1 Å². The summed E-state index contributed by atoms with van der Waals surface area (Å²) in [4.78, 5) is 25.5. The van der Waals surface area contributed by atoms with E-state index >= 15 is 0 Å². The number of amides is 2. The van der Waals surface area contributed by atoms with Gasteiger partial charge in [-0.15, -0.1) is 11.8 Å². The summed E-state index contributed by atoms with van der Waals surface area (Å²) in [6, 6.07) is 10.1. The third-order valence-electron chi connectivity index (χ3n) is 4.77. The molecule has 3 rings (SSSR count). The zero-order valence-corrected chi connectivity index (χ0v) is 17.3. The first-order chi connectivity index (χ1) is 13.6. The van der Waals surface area contributed by atoms with Gasteiger partial charge in [-0.3, -0.25) is 9.59 Å².